The van der Waals surface area contributed by atoms with Gasteiger partial charge in [-0.25, -0.2) is 0 Å². The molecule has 0 amide bonds. The first-order chi connectivity index (χ1) is 10.7. The van der Waals surface area contributed by atoms with Crippen molar-refractivity contribution in [2.45, 2.75) is 84.1 Å². The Morgan fingerprint density at radius 2 is 1.78 bits per heavy atom. The predicted octanol–water partition coefficient (Wildman–Crippen LogP) is 5.19. The number of ether oxygens (including phenoxy) is 1. The Labute approximate surface area is 143 Å². The molecule has 23 heavy (non-hydrogen) atoms. The summed E-state index contributed by atoms with van der Waals surface area (Å²) in [6.45, 7) is 15.6. The Kier molecular flexibility index (Phi) is 5.78. The largest absolute Gasteiger partial charge is 0.493 e. The second-order valence-corrected chi connectivity index (χ2v) is 8.99. The molecule has 2 rings (SSSR count). The van der Waals surface area contributed by atoms with Crippen molar-refractivity contribution in [1.82, 2.24) is 5.32 Å². The quantitative estimate of drug-likeness (QED) is 0.825. The van der Waals surface area contributed by atoms with Crippen LogP contribution in [0.4, 0.5) is 0 Å². The third-order valence-electron chi connectivity index (χ3n) is 4.79. The molecular weight excluding hydrogens is 282 g/mol. The lowest BCUT2D eigenvalue weighted by Gasteiger charge is -2.28. The van der Waals surface area contributed by atoms with Crippen LogP contribution < -0.4 is 10.1 Å². The van der Waals surface area contributed by atoms with E-state index >= 15 is 0 Å². The molecule has 1 atom stereocenters. The number of nitrogens with one attached hydrogen (secondary N) is 1. The first kappa shape index (κ1) is 18.3. The van der Waals surface area contributed by atoms with Gasteiger partial charge in [-0.1, -0.05) is 60.1 Å². The minimum absolute atomic E-state index is 0.0969. The first-order valence-corrected chi connectivity index (χ1v) is 9.19. The molecule has 0 aliphatic carbocycles. The zero-order chi connectivity index (χ0) is 17.1. The van der Waals surface area contributed by atoms with Crippen molar-refractivity contribution >= 4 is 0 Å². The number of hydrogen-bond acceptors (Lipinski definition) is 2. The van der Waals surface area contributed by atoms with Gasteiger partial charge in [0.15, 0.2) is 0 Å². The summed E-state index contributed by atoms with van der Waals surface area (Å²) in [4.78, 5) is 0. The average molecular weight is 318 g/mol. The van der Waals surface area contributed by atoms with E-state index in [0.717, 1.165) is 25.3 Å². The van der Waals surface area contributed by atoms with Gasteiger partial charge in [0.05, 0.1) is 6.61 Å². The van der Waals surface area contributed by atoms with Crippen LogP contribution in [0.3, 0.4) is 0 Å². The number of rotatable bonds is 4. The third kappa shape index (κ3) is 5.24. The fourth-order valence-electron chi connectivity index (χ4n) is 3.19. The van der Waals surface area contributed by atoms with Crippen molar-refractivity contribution in [3.63, 3.8) is 0 Å². The van der Waals surface area contributed by atoms with E-state index in [1.165, 1.54) is 30.4 Å². The summed E-state index contributed by atoms with van der Waals surface area (Å²) < 4.78 is 6.19. The highest BCUT2D eigenvalue weighted by molar-refractivity contribution is 5.43. The Hall–Kier alpha value is -1.02. The molecule has 1 N–H and O–H groups in total. The summed E-state index contributed by atoms with van der Waals surface area (Å²) in [6, 6.07) is 7.38. The lowest BCUT2D eigenvalue weighted by atomic mass is 9.80. The molecule has 0 bridgehead atoms. The van der Waals surface area contributed by atoms with E-state index in [1.54, 1.807) is 0 Å². The highest BCUT2D eigenvalue weighted by atomic mass is 16.5. The van der Waals surface area contributed by atoms with Crippen LogP contribution >= 0.6 is 0 Å². The zero-order valence-electron chi connectivity index (χ0n) is 16.0. The predicted molar refractivity (Wildman–Crippen MR) is 99.6 cm³/mol. The number of hydrogen-bond donors (Lipinski definition) is 1. The average Bonchev–Trinajstić information content (AvgIpc) is 2.46. The van der Waals surface area contributed by atoms with Crippen molar-refractivity contribution in [2.75, 3.05) is 13.2 Å². The van der Waals surface area contributed by atoms with E-state index in [9.17, 15) is 0 Å². The van der Waals surface area contributed by atoms with E-state index in [1.807, 2.05) is 0 Å². The monoisotopic (exact) mass is 317 g/mol. The number of piperidine rings is 1. The molecule has 1 aromatic rings. The van der Waals surface area contributed by atoms with Gasteiger partial charge in [0.2, 0.25) is 0 Å². The second kappa shape index (κ2) is 7.25. The van der Waals surface area contributed by atoms with Crippen LogP contribution in [0.2, 0.25) is 0 Å². The summed E-state index contributed by atoms with van der Waals surface area (Å²) in [5.74, 6) is 1.06. The Morgan fingerprint density at radius 3 is 2.35 bits per heavy atom. The molecule has 0 aromatic heterocycles. The summed E-state index contributed by atoms with van der Waals surface area (Å²) in [6.07, 6.45) is 5.06. The molecule has 0 radical (unpaired) electrons. The number of benzene rings is 1. The molecular formula is C21H35NO. The molecule has 1 saturated heterocycles. The molecule has 1 aromatic carbocycles. The highest BCUT2D eigenvalue weighted by Crippen LogP contribution is 2.35. The lowest BCUT2D eigenvalue weighted by Crippen LogP contribution is -2.35. The Morgan fingerprint density at radius 1 is 1.04 bits per heavy atom. The van der Waals surface area contributed by atoms with Gasteiger partial charge in [-0.2, -0.15) is 0 Å². The Balaban J connectivity index is 2.07. The van der Waals surface area contributed by atoms with Gasteiger partial charge in [-0.15, -0.1) is 0 Å². The minimum atomic E-state index is 0.0969. The fourth-order valence-corrected chi connectivity index (χ4v) is 3.19. The van der Waals surface area contributed by atoms with Gasteiger partial charge in [-0.3, -0.25) is 0 Å². The van der Waals surface area contributed by atoms with Crippen molar-refractivity contribution in [3.05, 3.63) is 29.3 Å². The maximum absolute atomic E-state index is 6.19. The maximum atomic E-state index is 6.19. The smallest absolute Gasteiger partial charge is 0.123 e. The summed E-state index contributed by atoms with van der Waals surface area (Å²) in [5, 5.41) is 3.60. The van der Waals surface area contributed by atoms with E-state index in [2.05, 4.69) is 65.1 Å². The van der Waals surface area contributed by atoms with E-state index < -0.39 is 0 Å². The fraction of sp³-hybridized carbons (Fsp3) is 0.714. The summed E-state index contributed by atoms with van der Waals surface area (Å²) in [5.41, 5.74) is 2.97. The molecule has 1 heterocycles. The van der Waals surface area contributed by atoms with Crippen LogP contribution in [-0.4, -0.2) is 19.2 Å². The van der Waals surface area contributed by atoms with Crippen LogP contribution in [0, 0.1) is 0 Å². The molecule has 2 heteroatoms. The molecule has 1 aliphatic rings. The summed E-state index contributed by atoms with van der Waals surface area (Å²) >= 11 is 0. The minimum Gasteiger partial charge on any atom is -0.493 e. The van der Waals surface area contributed by atoms with Gasteiger partial charge in [0.1, 0.15) is 5.75 Å². The molecule has 1 fully saturated rings. The molecule has 0 saturated carbocycles. The van der Waals surface area contributed by atoms with Crippen molar-refractivity contribution in [2.24, 2.45) is 0 Å². The van der Waals surface area contributed by atoms with Crippen LogP contribution in [0.25, 0.3) is 0 Å². The molecule has 0 unspecified atom stereocenters. The molecule has 0 spiro atoms. The lowest BCUT2D eigenvalue weighted by molar-refractivity contribution is 0.263. The standard InChI is InChI=1S/C21H35NO/c1-20(2,3)16-10-11-19(18(15-16)21(4,5)6)23-14-12-17-9-7-8-13-22-17/h10-11,15,17,22H,7-9,12-14H2,1-6H3/t17-/m0/s1. The summed E-state index contributed by atoms with van der Waals surface area (Å²) in [7, 11) is 0. The highest BCUT2D eigenvalue weighted by Gasteiger charge is 2.23. The SMILES string of the molecule is CC(C)(C)c1ccc(OCC[C@@H]2CCCCN2)c(C(C)(C)C)c1. The van der Waals surface area contributed by atoms with Crippen LogP contribution in [-0.2, 0) is 10.8 Å². The van der Waals surface area contributed by atoms with Gasteiger partial charge in [0.25, 0.3) is 0 Å². The maximum Gasteiger partial charge on any atom is 0.123 e. The van der Waals surface area contributed by atoms with Crippen molar-refractivity contribution in [3.8, 4) is 5.75 Å². The van der Waals surface area contributed by atoms with Gasteiger partial charge < -0.3 is 10.1 Å². The van der Waals surface area contributed by atoms with Crippen LogP contribution in [0.5, 0.6) is 5.75 Å². The van der Waals surface area contributed by atoms with Crippen molar-refractivity contribution < 1.29 is 4.74 Å². The second-order valence-electron chi connectivity index (χ2n) is 8.99. The zero-order valence-corrected chi connectivity index (χ0v) is 16.0. The van der Waals surface area contributed by atoms with Crippen LogP contribution in [0.1, 0.15) is 78.4 Å². The normalized spacial score (nSPS) is 19.7. The van der Waals surface area contributed by atoms with E-state index in [4.69, 9.17) is 4.74 Å². The van der Waals surface area contributed by atoms with Crippen molar-refractivity contribution in [1.29, 1.82) is 0 Å². The van der Waals surface area contributed by atoms with Gasteiger partial charge in [-0.05, 0) is 53.8 Å². The molecule has 2 nitrogen and oxygen atoms in total. The topological polar surface area (TPSA) is 21.3 Å². The van der Waals surface area contributed by atoms with E-state index in [0.29, 0.717) is 6.04 Å². The van der Waals surface area contributed by atoms with E-state index in [-0.39, 0.29) is 10.8 Å². The Bertz CT molecular complexity index is 502. The first-order valence-electron chi connectivity index (χ1n) is 9.19. The molecule has 1 aliphatic heterocycles. The third-order valence-corrected chi connectivity index (χ3v) is 4.79. The van der Waals surface area contributed by atoms with Gasteiger partial charge >= 0.3 is 0 Å². The van der Waals surface area contributed by atoms with Crippen LogP contribution in [0.15, 0.2) is 18.2 Å². The van der Waals surface area contributed by atoms with Gasteiger partial charge in [0, 0.05) is 6.04 Å². The molecule has 130 valence electrons.